The molecule has 0 saturated heterocycles. The van der Waals surface area contributed by atoms with Gasteiger partial charge in [0.15, 0.2) is 6.61 Å². The maximum atomic E-state index is 13.8. The molecule has 202 valence electrons. The van der Waals surface area contributed by atoms with E-state index in [1.54, 1.807) is 11.0 Å². The molecule has 1 N–H and O–H groups in total. The topological polar surface area (TPSA) is 58.6 Å². The molecule has 0 unspecified atom stereocenters. The summed E-state index contributed by atoms with van der Waals surface area (Å²) in [5.41, 5.74) is 2.69. The summed E-state index contributed by atoms with van der Waals surface area (Å²) in [5, 5.41) is 3.66. The Kier molecular flexibility index (Phi) is 10.4. The summed E-state index contributed by atoms with van der Waals surface area (Å²) in [7, 11) is 0. The molecule has 5 nitrogen and oxygen atoms in total. The van der Waals surface area contributed by atoms with Crippen molar-refractivity contribution in [1.82, 2.24) is 10.2 Å². The van der Waals surface area contributed by atoms with Gasteiger partial charge in [-0.25, -0.2) is 0 Å². The first-order valence-corrected chi connectivity index (χ1v) is 13.6. The summed E-state index contributed by atoms with van der Waals surface area (Å²) >= 11 is 6.26. The number of ether oxygens (including phenoxy) is 1. The third-order valence-corrected chi connectivity index (χ3v) is 6.80. The maximum absolute atomic E-state index is 13.8. The SMILES string of the molecule is CC[C@H](C)NC(=O)[C@@H](Cc1ccccc1)N(Cc1cccc(Cl)c1)C(=O)COc1ccccc1C(C)(C)C. The van der Waals surface area contributed by atoms with Crippen LogP contribution in [0, 0.1) is 0 Å². The third kappa shape index (κ3) is 8.35. The highest BCUT2D eigenvalue weighted by atomic mass is 35.5. The quantitative estimate of drug-likeness (QED) is 0.302. The van der Waals surface area contributed by atoms with Crippen LogP contribution in [0.3, 0.4) is 0 Å². The average Bonchev–Trinajstić information content (AvgIpc) is 2.89. The van der Waals surface area contributed by atoms with Gasteiger partial charge in [0.1, 0.15) is 11.8 Å². The minimum absolute atomic E-state index is 0.0150. The lowest BCUT2D eigenvalue weighted by Crippen LogP contribution is -2.53. The minimum atomic E-state index is -0.723. The van der Waals surface area contributed by atoms with Crippen LogP contribution in [-0.2, 0) is 28.0 Å². The van der Waals surface area contributed by atoms with E-state index in [2.05, 4.69) is 26.1 Å². The van der Waals surface area contributed by atoms with Crippen LogP contribution in [0.4, 0.5) is 0 Å². The Morgan fingerprint density at radius 3 is 2.26 bits per heavy atom. The van der Waals surface area contributed by atoms with Crippen LogP contribution >= 0.6 is 11.6 Å². The lowest BCUT2D eigenvalue weighted by atomic mass is 9.86. The van der Waals surface area contributed by atoms with Crippen molar-refractivity contribution in [3.63, 3.8) is 0 Å². The van der Waals surface area contributed by atoms with Crippen LogP contribution in [0.2, 0.25) is 5.02 Å². The average molecular weight is 535 g/mol. The second-order valence-corrected chi connectivity index (χ2v) is 11.1. The number of carbonyl (C=O) groups is 2. The Labute approximate surface area is 232 Å². The highest BCUT2D eigenvalue weighted by Gasteiger charge is 2.31. The molecule has 0 bridgehead atoms. The largest absolute Gasteiger partial charge is 0.483 e. The van der Waals surface area contributed by atoms with Crippen molar-refractivity contribution in [3.05, 3.63) is 101 Å². The van der Waals surface area contributed by atoms with Gasteiger partial charge in [-0.1, -0.05) is 100.0 Å². The van der Waals surface area contributed by atoms with Crippen LogP contribution in [0.25, 0.3) is 0 Å². The normalized spacial score (nSPS) is 12.9. The van der Waals surface area contributed by atoms with Gasteiger partial charge in [0.25, 0.3) is 5.91 Å². The highest BCUT2D eigenvalue weighted by molar-refractivity contribution is 6.30. The summed E-state index contributed by atoms with van der Waals surface area (Å²) in [6, 6.07) is 24.2. The molecule has 6 heteroatoms. The van der Waals surface area contributed by atoms with Crippen molar-refractivity contribution >= 4 is 23.4 Å². The van der Waals surface area contributed by atoms with Crippen LogP contribution in [0.15, 0.2) is 78.9 Å². The number of rotatable bonds is 11. The fraction of sp³-hybridized carbons (Fsp3) is 0.375. The monoisotopic (exact) mass is 534 g/mol. The van der Waals surface area contributed by atoms with Crippen molar-refractivity contribution < 1.29 is 14.3 Å². The molecule has 3 rings (SSSR count). The lowest BCUT2D eigenvalue weighted by molar-refractivity contribution is -0.143. The molecule has 38 heavy (non-hydrogen) atoms. The van der Waals surface area contributed by atoms with Crippen molar-refractivity contribution in [2.75, 3.05) is 6.61 Å². The van der Waals surface area contributed by atoms with Crippen molar-refractivity contribution in [3.8, 4) is 5.75 Å². The van der Waals surface area contributed by atoms with E-state index in [-0.39, 0.29) is 36.4 Å². The van der Waals surface area contributed by atoms with Gasteiger partial charge in [-0.3, -0.25) is 9.59 Å². The summed E-state index contributed by atoms with van der Waals surface area (Å²) in [6.45, 7) is 10.4. The fourth-order valence-corrected chi connectivity index (χ4v) is 4.47. The zero-order chi connectivity index (χ0) is 27.7. The van der Waals surface area contributed by atoms with E-state index < -0.39 is 6.04 Å². The molecule has 2 atom stereocenters. The smallest absolute Gasteiger partial charge is 0.261 e. The molecule has 0 spiro atoms. The Balaban J connectivity index is 1.95. The first-order chi connectivity index (χ1) is 18.1. The minimum Gasteiger partial charge on any atom is -0.483 e. The second kappa shape index (κ2) is 13.5. The molecule has 0 aliphatic heterocycles. The number of amides is 2. The van der Waals surface area contributed by atoms with E-state index in [4.69, 9.17) is 16.3 Å². The summed E-state index contributed by atoms with van der Waals surface area (Å²) in [4.78, 5) is 29.1. The van der Waals surface area contributed by atoms with Gasteiger partial charge in [-0.05, 0) is 53.6 Å². The lowest BCUT2D eigenvalue weighted by Gasteiger charge is -2.32. The highest BCUT2D eigenvalue weighted by Crippen LogP contribution is 2.31. The predicted molar refractivity (Wildman–Crippen MR) is 154 cm³/mol. The van der Waals surface area contributed by atoms with E-state index in [9.17, 15) is 9.59 Å². The summed E-state index contributed by atoms with van der Waals surface area (Å²) in [6.07, 6.45) is 1.17. The van der Waals surface area contributed by atoms with E-state index in [0.29, 0.717) is 17.2 Å². The Bertz CT molecular complexity index is 1210. The van der Waals surface area contributed by atoms with Crippen molar-refractivity contribution in [1.29, 1.82) is 0 Å². The predicted octanol–water partition coefficient (Wildman–Crippen LogP) is 6.57. The maximum Gasteiger partial charge on any atom is 0.261 e. The van der Waals surface area contributed by atoms with E-state index >= 15 is 0 Å². The number of benzene rings is 3. The van der Waals surface area contributed by atoms with E-state index in [0.717, 1.165) is 23.1 Å². The number of para-hydroxylation sites is 1. The molecule has 0 saturated carbocycles. The molecule has 3 aromatic carbocycles. The number of hydrogen-bond acceptors (Lipinski definition) is 3. The zero-order valence-corrected chi connectivity index (χ0v) is 23.8. The number of hydrogen-bond donors (Lipinski definition) is 1. The molecule has 0 aromatic heterocycles. The first kappa shape index (κ1) is 29.2. The second-order valence-electron chi connectivity index (χ2n) is 10.7. The number of carbonyl (C=O) groups excluding carboxylic acids is 2. The molecular formula is C32H39ClN2O3. The van der Waals surface area contributed by atoms with Crippen LogP contribution in [0.5, 0.6) is 5.75 Å². The van der Waals surface area contributed by atoms with Gasteiger partial charge in [0.05, 0.1) is 0 Å². The zero-order valence-electron chi connectivity index (χ0n) is 23.0. The van der Waals surface area contributed by atoms with Gasteiger partial charge < -0.3 is 15.0 Å². The van der Waals surface area contributed by atoms with Crippen LogP contribution in [-0.4, -0.2) is 35.4 Å². The van der Waals surface area contributed by atoms with Gasteiger partial charge in [-0.15, -0.1) is 0 Å². The van der Waals surface area contributed by atoms with Crippen LogP contribution < -0.4 is 10.1 Å². The van der Waals surface area contributed by atoms with Gasteiger partial charge in [0, 0.05) is 24.0 Å². The molecule has 2 amide bonds. The standard InChI is InChI=1S/C32H39ClN2O3/c1-6-23(2)34-31(37)28(20-24-13-8-7-9-14-24)35(21-25-15-12-16-26(33)19-25)30(36)22-38-29-18-11-10-17-27(29)32(3,4)5/h7-19,23,28H,6,20-22H2,1-5H3,(H,34,37)/t23-,28+/m0/s1. The van der Waals surface area contributed by atoms with Crippen molar-refractivity contribution in [2.45, 2.75) is 71.5 Å². The Morgan fingerprint density at radius 1 is 0.947 bits per heavy atom. The van der Waals surface area contributed by atoms with Gasteiger partial charge in [0.2, 0.25) is 5.91 Å². The molecule has 0 heterocycles. The molecule has 0 radical (unpaired) electrons. The third-order valence-electron chi connectivity index (χ3n) is 6.56. The summed E-state index contributed by atoms with van der Waals surface area (Å²) in [5.74, 6) is 0.210. The van der Waals surface area contributed by atoms with Gasteiger partial charge in [-0.2, -0.15) is 0 Å². The number of nitrogens with zero attached hydrogens (tertiary/aromatic N) is 1. The number of nitrogens with one attached hydrogen (secondary N) is 1. The molecule has 3 aromatic rings. The van der Waals surface area contributed by atoms with Crippen molar-refractivity contribution in [2.24, 2.45) is 0 Å². The first-order valence-electron chi connectivity index (χ1n) is 13.2. The Hall–Kier alpha value is -3.31. The Morgan fingerprint density at radius 2 is 1.61 bits per heavy atom. The fourth-order valence-electron chi connectivity index (χ4n) is 4.26. The number of halogens is 1. The summed E-state index contributed by atoms with van der Waals surface area (Å²) < 4.78 is 6.10. The molecular weight excluding hydrogens is 496 g/mol. The van der Waals surface area contributed by atoms with E-state index in [1.807, 2.05) is 86.6 Å². The van der Waals surface area contributed by atoms with E-state index in [1.165, 1.54) is 0 Å². The molecule has 0 fully saturated rings. The van der Waals surface area contributed by atoms with Crippen LogP contribution in [0.1, 0.15) is 57.7 Å². The van der Waals surface area contributed by atoms with Gasteiger partial charge >= 0.3 is 0 Å². The molecule has 0 aliphatic rings. The molecule has 0 aliphatic carbocycles.